The van der Waals surface area contributed by atoms with Gasteiger partial charge in [0.25, 0.3) is 0 Å². The van der Waals surface area contributed by atoms with Crippen molar-refractivity contribution in [3.8, 4) is 22.8 Å². The Morgan fingerprint density at radius 1 is 0.960 bits per heavy atom. The van der Waals surface area contributed by atoms with Crippen LogP contribution in [0.1, 0.15) is 5.56 Å². The zero-order valence-electron chi connectivity index (χ0n) is 13.3. The third-order valence-corrected chi connectivity index (χ3v) is 5.32. The number of pyridine rings is 1. The SMILES string of the molecule is O=S1(=O)CCc2cccc(-c3ccc(Oc4ccccc4)nc3)c2N1. The number of aryl methyl sites for hydroxylation is 1. The topological polar surface area (TPSA) is 68.3 Å². The monoisotopic (exact) mass is 352 g/mol. The number of anilines is 1. The van der Waals surface area contributed by atoms with E-state index in [0.717, 1.165) is 16.7 Å². The van der Waals surface area contributed by atoms with E-state index in [4.69, 9.17) is 4.74 Å². The lowest BCUT2D eigenvalue weighted by atomic mass is 10.0. The van der Waals surface area contributed by atoms with Crippen LogP contribution in [-0.4, -0.2) is 19.2 Å². The number of rotatable bonds is 3. The summed E-state index contributed by atoms with van der Waals surface area (Å²) in [4.78, 5) is 4.34. The Hall–Kier alpha value is -2.86. The molecule has 0 bridgehead atoms. The van der Waals surface area contributed by atoms with Gasteiger partial charge in [0.05, 0.1) is 11.4 Å². The van der Waals surface area contributed by atoms with E-state index in [1.807, 2.05) is 54.6 Å². The van der Waals surface area contributed by atoms with Crippen LogP contribution in [0.25, 0.3) is 11.1 Å². The number of aromatic nitrogens is 1. The number of para-hydroxylation sites is 2. The number of fused-ring (bicyclic) bond motifs is 1. The fourth-order valence-electron chi connectivity index (χ4n) is 2.83. The first kappa shape index (κ1) is 15.7. The van der Waals surface area contributed by atoms with Crippen LogP contribution < -0.4 is 9.46 Å². The molecule has 0 amide bonds. The molecule has 1 aliphatic rings. The highest BCUT2D eigenvalue weighted by Gasteiger charge is 2.22. The fraction of sp³-hybridized carbons (Fsp3) is 0.105. The van der Waals surface area contributed by atoms with Crippen LogP contribution in [0.15, 0.2) is 66.9 Å². The predicted octanol–water partition coefficient (Wildman–Crippen LogP) is 3.84. The van der Waals surface area contributed by atoms with Crippen molar-refractivity contribution in [3.05, 3.63) is 72.4 Å². The summed E-state index contributed by atoms with van der Waals surface area (Å²) in [5.74, 6) is 1.32. The van der Waals surface area contributed by atoms with Crippen LogP contribution in [0, 0.1) is 0 Å². The van der Waals surface area contributed by atoms with Crippen LogP contribution in [0.5, 0.6) is 11.6 Å². The van der Waals surface area contributed by atoms with Gasteiger partial charge >= 0.3 is 0 Å². The molecule has 0 spiro atoms. The van der Waals surface area contributed by atoms with Crippen LogP contribution >= 0.6 is 0 Å². The van der Waals surface area contributed by atoms with Gasteiger partial charge in [-0.2, -0.15) is 0 Å². The highest BCUT2D eigenvalue weighted by Crippen LogP contribution is 2.35. The van der Waals surface area contributed by atoms with Crippen molar-refractivity contribution in [3.63, 3.8) is 0 Å². The molecule has 0 unspecified atom stereocenters. The lowest BCUT2D eigenvalue weighted by Gasteiger charge is -2.21. The first-order chi connectivity index (χ1) is 12.1. The largest absolute Gasteiger partial charge is 0.439 e. The molecule has 5 nitrogen and oxygen atoms in total. The maximum atomic E-state index is 11.9. The number of sulfonamides is 1. The van der Waals surface area contributed by atoms with E-state index in [-0.39, 0.29) is 5.75 Å². The van der Waals surface area contributed by atoms with E-state index in [9.17, 15) is 8.42 Å². The minimum atomic E-state index is -3.27. The Morgan fingerprint density at radius 3 is 2.56 bits per heavy atom. The van der Waals surface area contributed by atoms with Crippen molar-refractivity contribution in [2.24, 2.45) is 0 Å². The van der Waals surface area contributed by atoms with Crippen molar-refractivity contribution in [1.29, 1.82) is 0 Å². The van der Waals surface area contributed by atoms with Gasteiger partial charge < -0.3 is 4.74 Å². The lowest BCUT2D eigenvalue weighted by Crippen LogP contribution is -2.24. The first-order valence-electron chi connectivity index (χ1n) is 7.92. The van der Waals surface area contributed by atoms with Crippen LogP contribution in [0.3, 0.4) is 0 Å². The smallest absolute Gasteiger partial charge is 0.233 e. The van der Waals surface area contributed by atoms with Crippen LogP contribution in [0.4, 0.5) is 5.69 Å². The third-order valence-electron chi connectivity index (χ3n) is 4.06. The summed E-state index contributed by atoms with van der Waals surface area (Å²) >= 11 is 0. The normalized spacial score (nSPS) is 15.0. The minimum absolute atomic E-state index is 0.117. The van der Waals surface area contributed by atoms with Crippen molar-refractivity contribution in [2.75, 3.05) is 10.5 Å². The molecule has 0 saturated heterocycles. The van der Waals surface area contributed by atoms with E-state index in [1.54, 1.807) is 12.3 Å². The van der Waals surface area contributed by atoms with Crippen molar-refractivity contribution < 1.29 is 13.2 Å². The molecule has 1 N–H and O–H groups in total. The summed E-state index contributed by atoms with van der Waals surface area (Å²) in [5.41, 5.74) is 3.30. The Balaban J connectivity index is 1.65. The first-order valence-corrected chi connectivity index (χ1v) is 9.58. The molecule has 1 aromatic heterocycles. The van der Waals surface area contributed by atoms with Gasteiger partial charge in [-0.3, -0.25) is 4.72 Å². The fourth-order valence-corrected chi connectivity index (χ4v) is 3.97. The minimum Gasteiger partial charge on any atom is -0.439 e. The summed E-state index contributed by atoms with van der Waals surface area (Å²) in [6, 6.07) is 18.9. The molecule has 1 aliphatic heterocycles. The van der Waals surface area contributed by atoms with Gasteiger partial charge in [0.15, 0.2) is 0 Å². The van der Waals surface area contributed by atoms with Crippen molar-refractivity contribution in [1.82, 2.24) is 4.98 Å². The molecule has 0 saturated carbocycles. The third kappa shape index (κ3) is 3.34. The van der Waals surface area contributed by atoms with Gasteiger partial charge in [0, 0.05) is 23.4 Å². The van der Waals surface area contributed by atoms with Crippen LogP contribution in [0.2, 0.25) is 0 Å². The second kappa shape index (κ2) is 6.22. The molecule has 0 radical (unpaired) electrons. The number of hydrogen-bond acceptors (Lipinski definition) is 4. The van der Waals surface area contributed by atoms with E-state index >= 15 is 0 Å². The molecular formula is C19H16N2O3S. The van der Waals surface area contributed by atoms with E-state index < -0.39 is 10.0 Å². The molecule has 2 aromatic carbocycles. The molecule has 0 aliphatic carbocycles. The van der Waals surface area contributed by atoms with Gasteiger partial charge in [-0.15, -0.1) is 0 Å². The van der Waals surface area contributed by atoms with Gasteiger partial charge in [-0.25, -0.2) is 13.4 Å². The predicted molar refractivity (Wildman–Crippen MR) is 97.3 cm³/mol. The summed E-state index contributed by atoms with van der Waals surface area (Å²) in [6.45, 7) is 0. The number of nitrogens with one attached hydrogen (secondary N) is 1. The number of hydrogen-bond donors (Lipinski definition) is 1. The molecule has 126 valence electrons. The Kier molecular flexibility index (Phi) is 3.89. The second-order valence-corrected chi connectivity index (χ2v) is 7.65. The molecular weight excluding hydrogens is 336 g/mol. The highest BCUT2D eigenvalue weighted by molar-refractivity contribution is 7.92. The Bertz CT molecular complexity index is 1000. The van der Waals surface area contributed by atoms with Gasteiger partial charge in [-0.1, -0.05) is 36.4 Å². The maximum absolute atomic E-state index is 11.9. The number of nitrogens with zero attached hydrogens (tertiary/aromatic N) is 1. The average Bonchev–Trinajstić information content (AvgIpc) is 2.62. The van der Waals surface area contributed by atoms with E-state index in [1.165, 1.54) is 0 Å². The second-order valence-electron chi connectivity index (χ2n) is 5.81. The summed E-state index contributed by atoms with van der Waals surface area (Å²) in [6.07, 6.45) is 2.21. The van der Waals surface area contributed by atoms with Gasteiger partial charge in [0.2, 0.25) is 15.9 Å². The van der Waals surface area contributed by atoms with Crippen LogP contribution in [-0.2, 0) is 16.4 Å². The molecule has 3 aromatic rings. The summed E-state index contributed by atoms with van der Waals surface area (Å²) in [7, 11) is -3.27. The molecule has 0 atom stereocenters. The van der Waals surface area contributed by atoms with E-state index in [0.29, 0.717) is 23.7 Å². The standard InChI is InChI=1S/C19H16N2O3S/c22-25(23)12-11-14-5-4-8-17(19(14)21-25)15-9-10-18(20-13-15)24-16-6-2-1-3-7-16/h1-10,13,21H,11-12H2. The lowest BCUT2D eigenvalue weighted by molar-refractivity contribution is 0.463. The maximum Gasteiger partial charge on any atom is 0.233 e. The highest BCUT2D eigenvalue weighted by atomic mass is 32.2. The average molecular weight is 352 g/mol. The zero-order valence-corrected chi connectivity index (χ0v) is 14.2. The van der Waals surface area contributed by atoms with E-state index in [2.05, 4.69) is 9.71 Å². The van der Waals surface area contributed by atoms with Gasteiger partial charge in [0.1, 0.15) is 5.75 Å². The molecule has 25 heavy (non-hydrogen) atoms. The zero-order chi connectivity index (χ0) is 17.3. The number of benzene rings is 2. The van der Waals surface area contributed by atoms with Crippen molar-refractivity contribution in [2.45, 2.75) is 6.42 Å². The molecule has 4 rings (SSSR count). The Morgan fingerprint density at radius 2 is 1.80 bits per heavy atom. The summed E-state index contributed by atoms with van der Waals surface area (Å²) < 4.78 is 32.2. The number of ether oxygens (including phenoxy) is 1. The molecule has 0 fully saturated rings. The quantitative estimate of drug-likeness (QED) is 0.778. The summed E-state index contributed by atoms with van der Waals surface area (Å²) in [5, 5.41) is 0. The Labute approximate surface area is 146 Å². The van der Waals surface area contributed by atoms with Gasteiger partial charge in [-0.05, 0) is 30.2 Å². The van der Waals surface area contributed by atoms with Crippen molar-refractivity contribution >= 4 is 15.7 Å². The molecule has 6 heteroatoms. The molecule has 2 heterocycles.